The fourth-order valence-electron chi connectivity index (χ4n) is 1.17. The molecule has 1 N–H and O–H groups in total. The standard InChI is InChI=1S/C7H11O2/c8-7(9)6-4-2-1-3-5-6/h1,6H,2-5H2,(H,8,9). The van der Waals surface area contributed by atoms with Crippen molar-refractivity contribution in [2.45, 2.75) is 25.7 Å². The molecule has 9 heavy (non-hydrogen) atoms. The molecule has 0 unspecified atom stereocenters. The minimum atomic E-state index is -0.622. The topological polar surface area (TPSA) is 37.3 Å². The van der Waals surface area contributed by atoms with E-state index in [-0.39, 0.29) is 5.92 Å². The van der Waals surface area contributed by atoms with Crippen molar-refractivity contribution < 1.29 is 9.90 Å². The van der Waals surface area contributed by atoms with E-state index < -0.39 is 5.97 Å². The van der Waals surface area contributed by atoms with E-state index in [0.29, 0.717) is 0 Å². The van der Waals surface area contributed by atoms with Crippen molar-refractivity contribution in [1.82, 2.24) is 0 Å². The summed E-state index contributed by atoms with van der Waals surface area (Å²) in [6.07, 6.45) is 5.82. The summed E-state index contributed by atoms with van der Waals surface area (Å²) in [6, 6.07) is 0. The van der Waals surface area contributed by atoms with Crippen LogP contribution < -0.4 is 0 Å². The predicted octanol–water partition coefficient (Wildman–Crippen LogP) is 1.47. The van der Waals surface area contributed by atoms with Crippen molar-refractivity contribution in [1.29, 1.82) is 0 Å². The number of carboxylic acid groups (broad SMARTS) is 1. The van der Waals surface area contributed by atoms with E-state index in [9.17, 15) is 4.79 Å². The molecule has 0 aromatic carbocycles. The summed E-state index contributed by atoms with van der Waals surface area (Å²) in [4.78, 5) is 10.3. The number of hydrogen-bond acceptors (Lipinski definition) is 1. The highest BCUT2D eigenvalue weighted by Gasteiger charge is 2.19. The van der Waals surface area contributed by atoms with Crippen molar-refractivity contribution in [2.75, 3.05) is 0 Å². The second kappa shape index (κ2) is 2.85. The third kappa shape index (κ3) is 1.70. The first kappa shape index (κ1) is 6.59. The fourth-order valence-corrected chi connectivity index (χ4v) is 1.17. The lowest BCUT2D eigenvalue weighted by Gasteiger charge is -2.16. The van der Waals surface area contributed by atoms with Gasteiger partial charge in [0.25, 0.3) is 0 Å². The number of hydrogen-bond donors (Lipinski definition) is 1. The lowest BCUT2D eigenvalue weighted by molar-refractivity contribution is -0.142. The van der Waals surface area contributed by atoms with Crippen LogP contribution in [0.1, 0.15) is 25.7 Å². The molecule has 0 amide bonds. The monoisotopic (exact) mass is 127 g/mol. The second-order valence-corrected chi connectivity index (χ2v) is 2.48. The van der Waals surface area contributed by atoms with Crippen LogP contribution in [0.3, 0.4) is 0 Å². The molecule has 1 fully saturated rings. The van der Waals surface area contributed by atoms with Crippen molar-refractivity contribution in [2.24, 2.45) is 5.92 Å². The van der Waals surface area contributed by atoms with Crippen molar-refractivity contribution >= 4 is 5.97 Å². The Morgan fingerprint density at radius 1 is 1.44 bits per heavy atom. The molecule has 0 saturated heterocycles. The Hall–Kier alpha value is -0.530. The average molecular weight is 127 g/mol. The second-order valence-electron chi connectivity index (χ2n) is 2.48. The van der Waals surface area contributed by atoms with E-state index >= 15 is 0 Å². The Labute approximate surface area is 54.9 Å². The maximum absolute atomic E-state index is 10.3. The van der Waals surface area contributed by atoms with Gasteiger partial charge >= 0.3 is 5.97 Å². The highest BCUT2D eigenvalue weighted by molar-refractivity contribution is 5.70. The van der Waals surface area contributed by atoms with Gasteiger partial charge in [0.05, 0.1) is 5.92 Å². The minimum Gasteiger partial charge on any atom is -0.481 e. The molecule has 1 radical (unpaired) electrons. The first-order valence-electron chi connectivity index (χ1n) is 3.35. The quantitative estimate of drug-likeness (QED) is 0.579. The molecule has 0 aromatic rings. The lowest BCUT2D eigenvalue weighted by atomic mass is 9.90. The normalized spacial score (nSPS) is 21.8. The van der Waals surface area contributed by atoms with Gasteiger partial charge in [-0.1, -0.05) is 0 Å². The molecule has 0 aromatic heterocycles. The zero-order chi connectivity index (χ0) is 6.69. The molecule has 0 bridgehead atoms. The zero-order valence-electron chi connectivity index (χ0n) is 5.34. The van der Waals surface area contributed by atoms with Gasteiger partial charge < -0.3 is 5.11 Å². The van der Waals surface area contributed by atoms with E-state index in [0.717, 1.165) is 25.7 Å². The van der Waals surface area contributed by atoms with Gasteiger partial charge in [-0.2, -0.15) is 0 Å². The van der Waals surface area contributed by atoms with Crippen molar-refractivity contribution in [3.8, 4) is 0 Å². The average Bonchev–Trinajstić information content (AvgIpc) is 1.90. The largest absolute Gasteiger partial charge is 0.481 e. The third-order valence-corrected chi connectivity index (χ3v) is 1.79. The Kier molecular flexibility index (Phi) is 2.09. The Balaban J connectivity index is 2.31. The first-order valence-corrected chi connectivity index (χ1v) is 3.35. The highest BCUT2D eigenvalue weighted by atomic mass is 16.4. The van der Waals surface area contributed by atoms with Gasteiger partial charge in [0.1, 0.15) is 0 Å². The van der Waals surface area contributed by atoms with Gasteiger partial charge in [0.2, 0.25) is 0 Å². The summed E-state index contributed by atoms with van der Waals surface area (Å²) in [5.74, 6) is -0.682. The lowest BCUT2D eigenvalue weighted by Crippen LogP contribution is -2.16. The summed E-state index contributed by atoms with van der Waals surface area (Å²) >= 11 is 0. The summed E-state index contributed by atoms with van der Waals surface area (Å²) < 4.78 is 0. The molecule has 0 atom stereocenters. The summed E-state index contributed by atoms with van der Waals surface area (Å²) in [7, 11) is 0. The molecular formula is C7H11O2. The van der Waals surface area contributed by atoms with Gasteiger partial charge in [-0.05, 0) is 32.1 Å². The van der Waals surface area contributed by atoms with Crippen molar-refractivity contribution in [3.63, 3.8) is 0 Å². The van der Waals surface area contributed by atoms with Crippen LogP contribution in [0.2, 0.25) is 0 Å². The van der Waals surface area contributed by atoms with Crippen LogP contribution in [-0.2, 0) is 4.79 Å². The van der Waals surface area contributed by atoms with Crippen LogP contribution in [0.15, 0.2) is 0 Å². The van der Waals surface area contributed by atoms with Crippen molar-refractivity contribution in [3.05, 3.63) is 6.42 Å². The van der Waals surface area contributed by atoms with Crippen LogP contribution in [0.25, 0.3) is 0 Å². The Morgan fingerprint density at radius 3 is 2.33 bits per heavy atom. The highest BCUT2D eigenvalue weighted by Crippen LogP contribution is 2.22. The van der Waals surface area contributed by atoms with Gasteiger partial charge in [-0.3, -0.25) is 4.79 Å². The number of carbonyl (C=O) groups is 1. The molecule has 0 spiro atoms. The molecule has 0 heterocycles. The third-order valence-electron chi connectivity index (χ3n) is 1.79. The SMILES string of the molecule is O=C(O)C1CC[CH]CC1. The van der Waals surface area contributed by atoms with Crippen LogP contribution in [0.4, 0.5) is 0 Å². The van der Waals surface area contributed by atoms with Gasteiger partial charge in [-0.15, -0.1) is 0 Å². The van der Waals surface area contributed by atoms with E-state index in [1.165, 1.54) is 0 Å². The van der Waals surface area contributed by atoms with E-state index in [1.807, 2.05) is 0 Å². The molecule has 2 nitrogen and oxygen atoms in total. The molecular weight excluding hydrogens is 116 g/mol. The smallest absolute Gasteiger partial charge is 0.306 e. The molecule has 1 aliphatic carbocycles. The van der Waals surface area contributed by atoms with E-state index in [1.54, 1.807) is 0 Å². The molecule has 1 aliphatic rings. The maximum atomic E-state index is 10.3. The van der Waals surface area contributed by atoms with Gasteiger partial charge in [0.15, 0.2) is 0 Å². The minimum absolute atomic E-state index is 0.0602. The summed E-state index contributed by atoms with van der Waals surface area (Å²) in [5, 5.41) is 8.52. The number of carboxylic acids is 1. The fraction of sp³-hybridized carbons (Fsp3) is 0.714. The molecule has 1 saturated carbocycles. The molecule has 0 aliphatic heterocycles. The summed E-state index contributed by atoms with van der Waals surface area (Å²) in [6.45, 7) is 0. The number of aliphatic carboxylic acids is 1. The van der Waals surface area contributed by atoms with Crippen LogP contribution in [-0.4, -0.2) is 11.1 Å². The molecule has 1 rings (SSSR count). The maximum Gasteiger partial charge on any atom is 0.306 e. The van der Waals surface area contributed by atoms with Crippen LogP contribution in [0.5, 0.6) is 0 Å². The first-order chi connectivity index (χ1) is 4.30. The summed E-state index contributed by atoms with van der Waals surface area (Å²) in [5.41, 5.74) is 0. The van der Waals surface area contributed by atoms with E-state index in [4.69, 9.17) is 5.11 Å². The Bertz CT molecular complexity index is 103. The van der Waals surface area contributed by atoms with E-state index in [2.05, 4.69) is 6.42 Å². The van der Waals surface area contributed by atoms with Crippen LogP contribution >= 0.6 is 0 Å². The Morgan fingerprint density at radius 2 is 2.00 bits per heavy atom. The predicted molar refractivity (Wildman–Crippen MR) is 33.9 cm³/mol. The molecule has 2 heteroatoms. The zero-order valence-corrected chi connectivity index (χ0v) is 5.34. The van der Waals surface area contributed by atoms with Crippen LogP contribution in [0, 0.1) is 12.3 Å². The molecule has 51 valence electrons. The number of rotatable bonds is 1. The van der Waals surface area contributed by atoms with Gasteiger partial charge in [0, 0.05) is 0 Å². The van der Waals surface area contributed by atoms with Gasteiger partial charge in [-0.25, -0.2) is 0 Å².